The van der Waals surface area contributed by atoms with Crippen LogP contribution in [0.1, 0.15) is 16.7 Å². The van der Waals surface area contributed by atoms with Gasteiger partial charge in [0, 0.05) is 16.7 Å². The Bertz CT molecular complexity index is 1290. The molecule has 0 saturated heterocycles. The van der Waals surface area contributed by atoms with Crippen LogP contribution in [0.25, 0.3) is 34.2 Å². The lowest BCUT2D eigenvalue weighted by molar-refractivity contribution is 0.443. The molecule has 0 aliphatic rings. The number of hydrogen-bond acceptors (Lipinski definition) is 8. The monoisotopic (exact) mass is 431 g/mol. The zero-order valence-electron chi connectivity index (χ0n) is 17.6. The highest BCUT2D eigenvalue weighted by atomic mass is 16.3. The van der Waals surface area contributed by atoms with Crippen LogP contribution in [0.3, 0.4) is 0 Å². The van der Waals surface area contributed by atoms with Gasteiger partial charge < -0.3 is 25.5 Å². The van der Waals surface area contributed by atoms with Gasteiger partial charge in [0.2, 0.25) is 0 Å². The summed E-state index contributed by atoms with van der Waals surface area (Å²) in [5, 5.41) is 50.8. The van der Waals surface area contributed by atoms with E-state index in [1.807, 2.05) is 0 Å². The van der Waals surface area contributed by atoms with Crippen LogP contribution in [-0.4, -0.2) is 40.5 Å². The number of rotatable bonds is 3. The number of aromatic nitrogens is 3. The number of benzene rings is 3. The molecule has 0 saturated carbocycles. The molecule has 3 aromatic carbocycles. The van der Waals surface area contributed by atoms with Crippen LogP contribution in [0.15, 0.2) is 42.5 Å². The van der Waals surface area contributed by atoms with Crippen LogP contribution in [0.4, 0.5) is 0 Å². The van der Waals surface area contributed by atoms with Crippen molar-refractivity contribution in [3.8, 4) is 62.9 Å². The second-order valence-electron chi connectivity index (χ2n) is 7.52. The smallest absolute Gasteiger partial charge is 0.167 e. The molecule has 4 aromatic rings. The van der Waals surface area contributed by atoms with Crippen molar-refractivity contribution < 1.29 is 25.5 Å². The van der Waals surface area contributed by atoms with Gasteiger partial charge in [0.25, 0.3) is 0 Å². The lowest BCUT2D eigenvalue weighted by Gasteiger charge is -2.13. The van der Waals surface area contributed by atoms with Gasteiger partial charge in [-0.2, -0.15) is 0 Å². The molecule has 0 spiro atoms. The maximum absolute atomic E-state index is 10.6. The van der Waals surface area contributed by atoms with E-state index in [1.165, 1.54) is 30.3 Å². The van der Waals surface area contributed by atoms with E-state index >= 15 is 0 Å². The Labute approximate surface area is 183 Å². The quantitative estimate of drug-likeness (QED) is 0.323. The Balaban J connectivity index is 2.01. The minimum Gasteiger partial charge on any atom is -0.508 e. The maximum atomic E-state index is 10.6. The number of hydrogen-bond donors (Lipinski definition) is 5. The van der Waals surface area contributed by atoms with Crippen molar-refractivity contribution >= 4 is 0 Å². The van der Waals surface area contributed by atoms with Crippen LogP contribution in [-0.2, 0) is 0 Å². The minimum atomic E-state index is -0.180. The summed E-state index contributed by atoms with van der Waals surface area (Å²) in [4.78, 5) is 13.4. The summed E-state index contributed by atoms with van der Waals surface area (Å²) in [6.45, 7) is 4.87. The highest BCUT2D eigenvalue weighted by Gasteiger charge is 2.20. The number of aryl methyl sites for hydroxylation is 1. The summed E-state index contributed by atoms with van der Waals surface area (Å²) in [5.41, 5.74) is 2.31. The molecule has 0 radical (unpaired) electrons. The Morgan fingerprint density at radius 3 is 1.44 bits per heavy atom. The zero-order valence-corrected chi connectivity index (χ0v) is 17.6. The van der Waals surface area contributed by atoms with Gasteiger partial charge in [0.1, 0.15) is 28.7 Å². The van der Waals surface area contributed by atoms with Crippen molar-refractivity contribution in [2.75, 3.05) is 0 Å². The molecule has 0 atom stereocenters. The van der Waals surface area contributed by atoms with Gasteiger partial charge in [-0.3, -0.25) is 0 Å². The molecule has 32 heavy (non-hydrogen) atoms. The standard InChI is InChI=1S/C24H21N3O5/c1-11-10-14(4-7-17(11)28)22-25-23(15-5-8-18(29)12(2)20(15)31)27-24(26-22)16-6-9-19(30)13(3)21(16)32/h4-10,28-32H,1-3H3. The lowest BCUT2D eigenvalue weighted by Crippen LogP contribution is -2.01. The van der Waals surface area contributed by atoms with Crippen LogP contribution < -0.4 is 0 Å². The van der Waals surface area contributed by atoms with Gasteiger partial charge >= 0.3 is 0 Å². The third-order valence-corrected chi connectivity index (χ3v) is 5.38. The molecule has 8 nitrogen and oxygen atoms in total. The van der Waals surface area contributed by atoms with E-state index in [1.54, 1.807) is 32.9 Å². The van der Waals surface area contributed by atoms with Gasteiger partial charge in [0.05, 0.1) is 11.1 Å². The number of phenolic OH excluding ortho intramolecular Hbond substituents is 5. The van der Waals surface area contributed by atoms with E-state index in [9.17, 15) is 25.5 Å². The van der Waals surface area contributed by atoms with Crippen molar-refractivity contribution in [1.82, 2.24) is 15.0 Å². The van der Waals surface area contributed by atoms with Crippen molar-refractivity contribution in [1.29, 1.82) is 0 Å². The predicted molar refractivity (Wildman–Crippen MR) is 119 cm³/mol. The molecule has 0 aliphatic heterocycles. The third kappa shape index (κ3) is 3.51. The van der Waals surface area contributed by atoms with E-state index in [2.05, 4.69) is 15.0 Å². The van der Waals surface area contributed by atoms with Gasteiger partial charge in [-0.05, 0) is 68.8 Å². The molecular formula is C24H21N3O5. The highest BCUT2D eigenvalue weighted by molar-refractivity contribution is 5.75. The fraction of sp³-hybridized carbons (Fsp3) is 0.125. The molecule has 0 fully saturated rings. The van der Waals surface area contributed by atoms with Crippen molar-refractivity contribution in [2.45, 2.75) is 20.8 Å². The molecule has 0 bridgehead atoms. The SMILES string of the molecule is Cc1cc(-c2nc(-c3ccc(O)c(C)c3O)nc(-c3ccc(O)c(C)c3O)n2)ccc1O. The third-order valence-electron chi connectivity index (χ3n) is 5.38. The summed E-state index contributed by atoms with van der Waals surface area (Å²) in [6, 6.07) is 10.7. The molecule has 5 N–H and O–H groups in total. The fourth-order valence-corrected chi connectivity index (χ4v) is 3.28. The molecule has 1 aromatic heterocycles. The van der Waals surface area contributed by atoms with Crippen LogP contribution in [0.5, 0.6) is 28.7 Å². The predicted octanol–water partition coefficient (Wildman–Crippen LogP) is 4.33. The number of phenols is 5. The maximum Gasteiger partial charge on any atom is 0.167 e. The summed E-state index contributed by atoms with van der Waals surface area (Å²) >= 11 is 0. The normalized spacial score (nSPS) is 11.0. The molecule has 162 valence electrons. The Kier molecular flexibility index (Phi) is 5.06. The number of nitrogens with zero attached hydrogens (tertiary/aromatic N) is 3. The van der Waals surface area contributed by atoms with Gasteiger partial charge in [0.15, 0.2) is 17.5 Å². The summed E-state index contributed by atoms with van der Waals surface area (Å²) < 4.78 is 0. The molecule has 0 unspecified atom stereocenters. The van der Waals surface area contributed by atoms with E-state index < -0.39 is 0 Å². The lowest BCUT2D eigenvalue weighted by atomic mass is 10.1. The Hall–Kier alpha value is -4.33. The molecule has 4 rings (SSSR count). The van der Waals surface area contributed by atoms with E-state index in [4.69, 9.17) is 0 Å². The first-order valence-corrected chi connectivity index (χ1v) is 9.77. The van der Waals surface area contributed by atoms with E-state index in [0.29, 0.717) is 11.1 Å². The fourth-order valence-electron chi connectivity index (χ4n) is 3.28. The largest absolute Gasteiger partial charge is 0.508 e. The molecule has 0 aliphatic carbocycles. The van der Waals surface area contributed by atoms with Gasteiger partial charge in [-0.15, -0.1) is 0 Å². The number of aromatic hydroxyl groups is 5. The van der Waals surface area contributed by atoms with Crippen molar-refractivity contribution in [3.63, 3.8) is 0 Å². The minimum absolute atomic E-state index is 0.0679. The van der Waals surface area contributed by atoms with Gasteiger partial charge in [-0.1, -0.05) is 0 Å². The molecule has 1 heterocycles. The molecule has 8 heteroatoms. The van der Waals surface area contributed by atoms with Crippen LogP contribution >= 0.6 is 0 Å². The Morgan fingerprint density at radius 1 is 0.531 bits per heavy atom. The average molecular weight is 431 g/mol. The Morgan fingerprint density at radius 2 is 0.969 bits per heavy atom. The topological polar surface area (TPSA) is 140 Å². The first-order valence-electron chi connectivity index (χ1n) is 9.77. The molecular weight excluding hydrogens is 410 g/mol. The second-order valence-corrected chi connectivity index (χ2v) is 7.52. The van der Waals surface area contributed by atoms with E-state index in [0.717, 1.165) is 0 Å². The average Bonchev–Trinajstić information content (AvgIpc) is 2.77. The second kappa shape index (κ2) is 7.73. The van der Waals surface area contributed by atoms with Crippen LogP contribution in [0, 0.1) is 20.8 Å². The molecule has 0 amide bonds. The summed E-state index contributed by atoms with van der Waals surface area (Å²) in [6.07, 6.45) is 0. The first kappa shape index (κ1) is 20.9. The van der Waals surface area contributed by atoms with Gasteiger partial charge in [-0.25, -0.2) is 15.0 Å². The van der Waals surface area contributed by atoms with E-state index in [-0.39, 0.29) is 68.5 Å². The highest BCUT2D eigenvalue weighted by Crippen LogP contribution is 2.39. The summed E-state index contributed by atoms with van der Waals surface area (Å²) in [5.74, 6) is 0.138. The van der Waals surface area contributed by atoms with Crippen LogP contribution in [0.2, 0.25) is 0 Å². The first-order chi connectivity index (χ1) is 15.2. The zero-order chi connectivity index (χ0) is 23.2. The van der Waals surface area contributed by atoms with Crippen molar-refractivity contribution in [3.05, 3.63) is 59.2 Å². The van der Waals surface area contributed by atoms with Crippen molar-refractivity contribution in [2.24, 2.45) is 0 Å². The summed E-state index contributed by atoms with van der Waals surface area (Å²) in [7, 11) is 0.